The van der Waals surface area contributed by atoms with Crippen molar-refractivity contribution in [2.24, 2.45) is 0 Å². The molecule has 96 valence electrons. The first-order chi connectivity index (χ1) is 7.51. The van der Waals surface area contributed by atoms with Crippen LogP contribution < -0.4 is 5.32 Å². The molecular formula is C11H21F3N2. The Hall–Kier alpha value is -0.290. The lowest BCUT2D eigenvalue weighted by Crippen LogP contribution is -2.42. The van der Waals surface area contributed by atoms with Gasteiger partial charge >= 0.3 is 6.18 Å². The SMILES string of the molecule is CCN1CCC(NCCCC(F)(F)F)CC1. The lowest BCUT2D eigenvalue weighted by Gasteiger charge is -2.31. The summed E-state index contributed by atoms with van der Waals surface area (Å²) in [7, 11) is 0. The van der Waals surface area contributed by atoms with E-state index in [4.69, 9.17) is 0 Å². The quantitative estimate of drug-likeness (QED) is 0.740. The smallest absolute Gasteiger partial charge is 0.314 e. The highest BCUT2D eigenvalue weighted by Gasteiger charge is 2.26. The zero-order valence-corrected chi connectivity index (χ0v) is 9.82. The van der Waals surface area contributed by atoms with Crippen LogP contribution in [-0.4, -0.2) is 43.3 Å². The molecule has 1 fully saturated rings. The van der Waals surface area contributed by atoms with Gasteiger partial charge in [0.25, 0.3) is 0 Å². The molecule has 0 aromatic heterocycles. The van der Waals surface area contributed by atoms with Gasteiger partial charge in [-0.2, -0.15) is 13.2 Å². The molecule has 2 nitrogen and oxygen atoms in total. The van der Waals surface area contributed by atoms with Crippen LogP contribution in [0, 0.1) is 0 Å². The average Bonchev–Trinajstić information content (AvgIpc) is 2.24. The van der Waals surface area contributed by atoms with Gasteiger partial charge in [0, 0.05) is 12.5 Å². The summed E-state index contributed by atoms with van der Waals surface area (Å²) < 4.78 is 35.7. The van der Waals surface area contributed by atoms with Crippen molar-refractivity contribution in [1.29, 1.82) is 0 Å². The van der Waals surface area contributed by atoms with Crippen molar-refractivity contribution in [2.45, 2.75) is 44.8 Å². The summed E-state index contributed by atoms with van der Waals surface area (Å²) in [6.45, 7) is 5.81. The van der Waals surface area contributed by atoms with Gasteiger partial charge in [-0.25, -0.2) is 0 Å². The number of piperidine rings is 1. The summed E-state index contributed by atoms with van der Waals surface area (Å²) in [5, 5.41) is 3.21. The van der Waals surface area contributed by atoms with Gasteiger partial charge in [-0.15, -0.1) is 0 Å². The summed E-state index contributed by atoms with van der Waals surface area (Å²) in [5.41, 5.74) is 0. The predicted octanol–water partition coefficient (Wildman–Crippen LogP) is 2.40. The van der Waals surface area contributed by atoms with Gasteiger partial charge < -0.3 is 10.2 Å². The van der Waals surface area contributed by atoms with Gasteiger partial charge in [-0.1, -0.05) is 6.92 Å². The number of likely N-dealkylation sites (tertiary alicyclic amines) is 1. The van der Waals surface area contributed by atoms with Crippen LogP contribution >= 0.6 is 0 Å². The lowest BCUT2D eigenvalue weighted by atomic mass is 10.1. The zero-order chi connectivity index (χ0) is 12.0. The van der Waals surface area contributed by atoms with Crippen LogP contribution in [0.25, 0.3) is 0 Å². The summed E-state index contributed by atoms with van der Waals surface area (Å²) in [5.74, 6) is 0. The van der Waals surface area contributed by atoms with Crippen molar-refractivity contribution < 1.29 is 13.2 Å². The molecular weight excluding hydrogens is 217 g/mol. The third-order valence-corrected chi connectivity index (χ3v) is 3.10. The van der Waals surface area contributed by atoms with E-state index in [1.54, 1.807) is 0 Å². The second-order valence-corrected chi connectivity index (χ2v) is 4.38. The van der Waals surface area contributed by atoms with Gasteiger partial charge in [-0.05, 0) is 45.4 Å². The Bertz CT molecular complexity index is 186. The molecule has 1 N–H and O–H groups in total. The second kappa shape index (κ2) is 6.45. The summed E-state index contributed by atoms with van der Waals surface area (Å²) in [6.07, 6.45) is -2.38. The summed E-state index contributed by atoms with van der Waals surface area (Å²) >= 11 is 0. The number of nitrogens with one attached hydrogen (secondary N) is 1. The zero-order valence-electron chi connectivity index (χ0n) is 9.82. The van der Waals surface area contributed by atoms with Crippen LogP contribution in [0.2, 0.25) is 0 Å². The van der Waals surface area contributed by atoms with Crippen molar-refractivity contribution in [3.63, 3.8) is 0 Å². The van der Waals surface area contributed by atoms with Crippen molar-refractivity contribution in [3.05, 3.63) is 0 Å². The Balaban J connectivity index is 2.02. The third-order valence-electron chi connectivity index (χ3n) is 3.10. The number of hydrogen-bond donors (Lipinski definition) is 1. The second-order valence-electron chi connectivity index (χ2n) is 4.38. The molecule has 0 unspecified atom stereocenters. The molecule has 1 rings (SSSR count). The number of hydrogen-bond acceptors (Lipinski definition) is 2. The molecule has 16 heavy (non-hydrogen) atoms. The molecule has 0 bridgehead atoms. The Morgan fingerprint density at radius 1 is 1.25 bits per heavy atom. The first-order valence-electron chi connectivity index (χ1n) is 6.04. The first kappa shape index (κ1) is 13.8. The molecule has 0 saturated carbocycles. The number of rotatable bonds is 5. The van der Waals surface area contributed by atoms with Gasteiger partial charge in [0.05, 0.1) is 0 Å². The fourth-order valence-corrected chi connectivity index (χ4v) is 2.05. The number of halogens is 3. The van der Waals surface area contributed by atoms with E-state index in [-0.39, 0.29) is 6.42 Å². The van der Waals surface area contributed by atoms with E-state index in [1.165, 1.54) is 0 Å². The largest absolute Gasteiger partial charge is 0.389 e. The van der Waals surface area contributed by atoms with E-state index in [9.17, 15) is 13.2 Å². The average molecular weight is 238 g/mol. The van der Waals surface area contributed by atoms with Gasteiger partial charge in [-0.3, -0.25) is 0 Å². The molecule has 0 aromatic carbocycles. The minimum absolute atomic E-state index is 0.192. The molecule has 0 radical (unpaired) electrons. The van der Waals surface area contributed by atoms with E-state index in [0.717, 1.165) is 32.5 Å². The molecule has 1 aliphatic rings. The minimum Gasteiger partial charge on any atom is -0.314 e. The van der Waals surface area contributed by atoms with E-state index in [1.807, 2.05) is 0 Å². The van der Waals surface area contributed by atoms with Crippen molar-refractivity contribution in [2.75, 3.05) is 26.2 Å². The normalized spacial score (nSPS) is 20.2. The summed E-state index contributed by atoms with van der Waals surface area (Å²) in [6, 6.07) is 0.413. The molecule has 0 atom stereocenters. The van der Waals surface area contributed by atoms with Crippen LogP contribution in [-0.2, 0) is 0 Å². The number of alkyl halides is 3. The maximum atomic E-state index is 11.9. The first-order valence-corrected chi connectivity index (χ1v) is 6.04. The Kier molecular flexibility index (Phi) is 5.55. The standard InChI is InChI=1S/C11H21F3N2/c1-2-16-8-4-10(5-9-16)15-7-3-6-11(12,13)14/h10,15H,2-9H2,1H3. The minimum atomic E-state index is -4.01. The van der Waals surface area contributed by atoms with E-state index in [0.29, 0.717) is 12.6 Å². The van der Waals surface area contributed by atoms with Gasteiger partial charge in [0.15, 0.2) is 0 Å². The van der Waals surface area contributed by atoms with E-state index >= 15 is 0 Å². The molecule has 0 aliphatic carbocycles. The lowest BCUT2D eigenvalue weighted by molar-refractivity contribution is -0.135. The maximum Gasteiger partial charge on any atom is 0.389 e. The van der Waals surface area contributed by atoms with E-state index in [2.05, 4.69) is 17.1 Å². The Morgan fingerprint density at radius 3 is 2.38 bits per heavy atom. The maximum absolute atomic E-state index is 11.9. The highest BCUT2D eigenvalue weighted by molar-refractivity contribution is 4.76. The van der Waals surface area contributed by atoms with Gasteiger partial charge in [0.1, 0.15) is 0 Å². The topological polar surface area (TPSA) is 15.3 Å². The third kappa shape index (κ3) is 5.70. The van der Waals surface area contributed by atoms with Crippen LogP contribution in [0.5, 0.6) is 0 Å². The molecule has 0 aromatic rings. The molecule has 1 saturated heterocycles. The summed E-state index contributed by atoms with van der Waals surface area (Å²) in [4.78, 5) is 2.37. The Labute approximate surface area is 95.2 Å². The van der Waals surface area contributed by atoms with Crippen LogP contribution in [0.4, 0.5) is 13.2 Å². The highest BCUT2D eigenvalue weighted by Crippen LogP contribution is 2.20. The van der Waals surface area contributed by atoms with Crippen LogP contribution in [0.15, 0.2) is 0 Å². The Morgan fingerprint density at radius 2 is 1.88 bits per heavy atom. The van der Waals surface area contributed by atoms with Crippen molar-refractivity contribution in [3.8, 4) is 0 Å². The van der Waals surface area contributed by atoms with E-state index < -0.39 is 12.6 Å². The van der Waals surface area contributed by atoms with Crippen molar-refractivity contribution >= 4 is 0 Å². The molecule has 1 heterocycles. The molecule has 5 heteroatoms. The fourth-order valence-electron chi connectivity index (χ4n) is 2.05. The van der Waals surface area contributed by atoms with Crippen molar-refractivity contribution in [1.82, 2.24) is 10.2 Å². The predicted molar refractivity (Wildman–Crippen MR) is 58.4 cm³/mol. The fraction of sp³-hybridized carbons (Fsp3) is 1.00. The molecule has 0 spiro atoms. The van der Waals surface area contributed by atoms with Gasteiger partial charge in [0.2, 0.25) is 0 Å². The number of nitrogens with zero attached hydrogens (tertiary/aromatic N) is 1. The molecule has 0 amide bonds. The molecule has 1 aliphatic heterocycles. The van der Waals surface area contributed by atoms with Crippen LogP contribution in [0.3, 0.4) is 0 Å². The highest BCUT2D eigenvalue weighted by atomic mass is 19.4. The monoisotopic (exact) mass is 238 g/mol. The van der Waals surface area contributed by atoms with Crippen LogP contribution in [0.1, 0.15) is 32.6 Å².